The lowest BCUT2D eigenvalue weighted by atomic mass is 10.2. The van der Waals surface area contributed by atoms with E-state index < -0.39 is 0 Å². The van der Waals surface area contributed by atoms with Gasteiger partial charge in [0, 0.05) is 19.3 Å². The van der Waals surface area contributed by atoms with Gasteiger partial charge in [-0.1, -0.05) is 0 Å². The average Bonchev–Trinajstić information content (AvgIpc) is 2.13. The molecule has 0 aliphatic heterocycles. The molecule has 78 valence electrons. The smallest absolute Gasteiger partial charge is 0.149 e. The van der Waals surface area contributed by atoms with E-state index in [9.17, 15) is 0 Å². The molecule has 4 heteroatoms. The van der Waals surface area contributed by atoms with Crippen molar-refractivity contribution in [3.05, 3.63) is 17.8 Å². The zero-order chi connectivity index (χ0) is 10.6. The van der Waals surface area contributed by atoms with Crippen LogP contribution in [0.3, 0.4) is 0 Å². The van der Waals surface area contributed by atoms with Crippen LogP contribution in [0.1, 0.15) is 12.5 Å². The Morgan fingerprint density at radius 2 is 2.36 bits per heavy atom. The van der Waals surface area contributed by atoms with Crippen LogP contribution in [0.4, 0.5) is 11.5 Å². The summed E-state index contributed by atoms with van der Waals surface area (Å²) in [7, 11) is 1.67. The van der Waals surface area contributed by atoms with Crippen LogP contribution in [-0.2, 0) is 4.74 Å². The van der Waals surface area contributed by atoms with Gasteiger partial charge in [0.2, 0.25) is 0 Å². The van der Waals surface area contributed by atoms with E-state index in [1.807, 2.05) is 19.9 Å². The number of hydrogen-bond donors (Lipinski definition) is 2. The number of anilines is 2. The van der Waals surface area contributed by atoms with Gasteiger partial charge in [-0.25, -0.2) is 4.98 Å². The highest BCUT2D eigenvalue weighted by atomic mass is 16.5. The lowest BCUT2D eigenvalue weighted by Crippen LogP contribution is -2.22. The molecule has 1 atom stereocenters. The van der Waals surface area contributed by atoms with Gasteiger partial charge >= 0.3 is 0 Å². The third-order valence-electron chi connectivity index (χ3n) is 2.01. The van der Waals surface area contributed by atoms with Crippen LogP contribution in [0, 0.1) is 6.92 Å². The maximum Gasteiger partial charge on any atom is 0.149 e. The molecule has 0 aliphatic rings. The summed E-state index contributed by atoms with van der Waals surface area (Å²) in [4.78, 5) is 4.17. The predicted octanol–water partition coefficient (Wildman–Crippen LogP) is 1.42. The number of nitrogens with two attached hydrogens (primary N) is 1. The van der Waals surface area contributed by atoms with Crippen LogP contribution in [0.15, 0.2) is 12.3 Å². The van der Waals surface area contributed by atoms with Crippen molar-refractivity contribution in [3.63, 3.8) is 0 Å². The van der Waals surface area contributed by atoms with E-state index >= 15 is 0 Å². The van der Waals surface area contributed by atoms with Crippen molar-refractivity contribution in [1.29, 1.82) is 0 Å². The first kappa shape index (κ1) is 10.8. The minimum Gasteiger partial charge on any atom is -0.396 e. The molecule has 0 radical (unpaired) electrons. The number of hydrogen-bond acceptors (Lipinski definition) is 4. The van der Waals surface area contributed by atoms with E-state index in [-0.39, 0.29) is 6.04 Å². The SMILES string of the molecule is COCC(C)Nc1nccc(C)c1N. The van der Waals surface area contributed by atoms with Gasteiger partial charge in [0.15, 0.2) is 0 Å². The van der Waals surface area contributed by atoms with Gasteiger partial charge < -0.3 is 15.8 Å². The first-order chi connectivity index (χ1) is 6.65. The first-order valence-electron chi connectivity index (χ1n) is 4.61. The van der Waals surface area contributed by atoms with Crippen LogP contribution in [0.2, 0.25) is 0 Å². The highest BCUT2D eigenvalue weighted by Crippen LogP contribution is 2.19. The number of rotatable bonds is 4. The molecule has 3 N–H and O–H groups in total. The quantitative estimate of drug-likeness (QED) is 0.762. The molecule has 0 aliphatic carbocycles. The van der Waals surface area contributed by atoms with Gasteiger partial charge in [-0.05, 0) is 25.5 Å². The Balaban J connectivity index is 2.71. The Bertz CT molecular complexity index is 301. The van der Waals surface area contributed by atoms with Crippen molar-refractivity contribution < 1.29 is 4.74 Å². The zero-order valence-corrected chi connectivity index (χ0v) is 8.87. The molecule has 0 fully saturated rings. The molecule has 0 aromatic carbocycles. The van der Waals surface area contributed by atoms with Gasteiger partial charge in [-0.3, -0.25) is 0 Å². The van der Waals surface area contributed by atoms with Crippen LogP contribution >= 0.6 is 0 Å². The monoisotopic (exact) mass is 195 g/mol. The van der Waals surface area contributed by atoms with Crippen molar-refractivity contribution in [2.45, 2.75) is 19.9 Å². The largest absolute Gasteiger partial charge is 0.396 e. The van der Waals surface area contributed by atoms with E-state index in [2.05, 4.69) is 10.3 Å². The molecule has 0 saturated carbocycles. The molecule has 0 amide bonds. The molecule has 1 aromatic heterocycles. The normalized spacial score (nSPS) is 12.5. The molecular formula is C10H17N3O. The summed E-state index contributed by atoms with van der Waals surface area (Å²) < 4.78 is 5.01. The second-order valence-corrected chi connectivity index (χ2v) is 3.39. The topological polar surface area (TPSA) is 60.2 Å². The molecule has 4 nitrogen and oxygen atoms in total. The lowest BCUT2D eigenvalue weighted by molar-refractivity contribution is 0.190. The van der Waals surface area contributed by atoms with Gasteiger partial charge in [-0.2, -0.15) is 0 Å². The number of pyridine rings is 1. The molecule has 1 unspecified atom stereocenters. The summed E-state index contributed by atoms with van der Waals surface area (Å²) in [5, 5.41) is 3.19. The van der Waals surface area contributed by atoms with Gasteiger partial charge in [-0.15, -0.1) is 0 Å². The van der Waals surface area contributed by atoms with E-state index in [4.69, 9.17) is 10.5 Å². The summed E-state index contributed by atoms with van der Waals surface area (Å²) in [6.45, 7) is 4.62. The standard InChI is InChI=1S/C10H17N3O/c1-7-4-5-12-10(9(7)11)13-8(2)6-14-3/h4-5,8H,6,11H2,1-3H3,(H,12,13). The molecule has 0 spiro atoms. The Hall–Kier alpha value is -1.29. The number of nitrogen functional groups attached to an aromatic ring is 1. The molecule has 1 heterocycles. The summed E-state index contributed by atoms with van der Waals surface area (Å²) in [5.41, 5.74) is 7.60. The second-order valence-electron chi connectivity index (χ2n) is 3.39. The molecule has 14 heavy (non-hydrogen) atoms. The van der Waals surface area contributed by atoms with Crippen molar-refractivity contribution in [2.24, 2.45) is 0 Å². The third-order valence-corrected chi connectivity index (χ3v) is 2.01. The van der Waals surface area contributed by atoms with Crippen LogP contribution in [0.5, 0.6) is 0 Å². The number of aryl methyl sites for hydroxylation is 1. The van der Waals surface area contributed by atoms with Gasteiger partial charge in [0.25, 0.3) is 0 Å². The average molecular weight is 195 g/mol. The van der Waals surface area contributed by atoms with Crippen molar-refractivity contribution >= 4 is 11.5 Å². The third kappa shape index (κ3) is 2.60. The minimum atomic E-state index is 0.205. The van der Waals surface area contributed by atoms with Crippen molar-refractivity contribution in [3.8, 4) is 0 Å². The van der Waals surface area contributed by atoms with Crippen LogP contribution in [0.25, 0.3) is 0 Å². The van der Waals surface area contributed by atoms with Crippen LogP contribution < -0.4 is 11.1 Å². The highest BCUT2D eigenvalue weighted by Gasteiger charge is 2.06. The second kappa shape index (κ2) is 4.81. The Kier molecular flexibility index (Phi) is 3.71. The molecule has 0 bridgehead atoms. The van der Waals surface area contributed by atoms with Crippen molar-refractivity contribution in [1.82, 2.24) is 4.98 Å². The number of methoxy groups -OCH3 is 1. The Morgan fingerprint density at radius 3 is 3.00 bits per heavy atom. The molecule has 1 rings (SSSR count). The highest BCUT2D eigenvalue weighted by molar-refractivity contribution is 5.65. The summed E-state index contributed by atoms with van der Waals surface area (Å²) in [6.07, 6.45) is 1.74. The van der Waals surface area contributed by atoms with Crippen molar-refractivity contribution in [2.75, 3.05) is 24.8 Å². The maximum absolute atomic E-state index is 5.86. The predicted molar refractivity (Wildman–Crippen MR) is 58.3 cm³/mol. The maximum atomic E-state index is 5.86. The first-order valence-corrected chi connectivity index (χ1v) is 4.61. The van der Waals surface area contributed by atoms with E-state index in [1.165, 1.54) is 0 Å². The van der Waals surface area contributed by atoms with Gasteiger partial charge in [0.1, 0.15) is 5.82 Å². The fourth-order valence-electron chi connectivity index (χ4n) is 1.21. The fourth-order valence-corrected chi connectivity index (χ4v) is 1.21. The van der Waals surface area contributed by atoms with E-state index in [1.54, 1.807) is 13.3 Å². The summed E-state index contributed by atoms with van der Waals surface area (Å²) >= 11 is 0. The number of aromatic nitrogens is 1. The minimum absolute atomic E-state index is 0.205. The Labute approximate surface area is 84.5 Å². The number of nitrogens with zero attached hydrogens (tertiary/aromatic N) is 1. The molecule has 1 aromatic rings. The Morgan fingerprint density at radius 1 is 1.64 bits per heavy atom. The van der Waals surface area contributed by atoms with Gasteiger partial charge in [0.05, 0.1) is 12.3 Å². The van der Waals surface area contributed by atoms with E-state index in [0.717, 1.165) is 11.4 Å². The lowest BCUT2D eigenvalue weighted by Gasteiger charge is -2.15. The molecular weight excluding hydrogens is 178 g/mol. The zero-order valence-electron chi connectivity index (χ0n) is 8.87. The van der Waals surface area contributed by atoms with Crippen LogP contribution in [-0.4, -0.2) is 24.7 Å². The summed E-state index contributed by atoms with van der Waals surface area (Å²) in [5.74, 6) is 0.731. The number of ether oxygens (including phenoxy) is 1. The number of nitrogens with one attached hydrogen (secondary N) is 1. The molecule has 0 saturated heterocycles. The van der Waals surface area contributed by atoms with E-state index in [0.29, 0.717) is 12.3 Å². The fraction of sp³-hybridized carbons (Fsp3) is 0.500. The summed E-state index contributed by atoms with van der Waals surface area (Å²) in [6, 6.07) is 2.10.